The summed E-state index contributed by atoms with van der Waals surface area (Å²) in [5, 5.41) is 8.70. The quantitative estimate of drug-likeness (QED) is 0.359. The van der Waals surface area contributed by atoms with Gasteiger partial charge in [0, 0.05) is 16.7 Å². The van der Waals surface area contributed by atoms with Crippen LogP contribution in [0.15, 0.2) is 60.0 Å². The molecular formula is C21H21N3O5S3. The molecule has 0 aliphatic carbocycles. The minimum atomic E-state index is -3.79. The average Bonchev–Trinajstić information content (AvgIpc) is 3.13. The number of carbonyl (C=O) groups excluding carboxylic acids is 1. The smallest absolute Gasteiger partial charge is 0.239 e. The zero-order chi connectivity index (χ0) is 23.4. The SMILES string of the molecule is Cc1ccc(NS(=O)(=O)Cc2nnc(CS(=O)(=O)/C=C/C(=O)c3ccc(C)cc3)s2)cc1. The van der Waals surface area contributed by atoms with Crippen molar-refractivity contribution in [3.63, 3.8) is 0 Å². The average molecular weight is 492 g/mol. The van der Waals surface area contributed by atoms with Crippen molar-refractivity contribution in [3.8, 4) is 0 Å². The Morgan fingerprint density at radius 3 is 2.00 bits per heavy atom. The Bertz CT molecular complexity index is 1340. The second-order valence-corrected chi connectivity index (χ2v) is 11.9. The lowest BCUT2D eigenvalue weighted by Crippen LogP contribution is -2.14. The maximum Gasteiger partial charge on any atom is 0.239 e. The number of allylic oxidation sites excluding steroid dienone is 1. The van der Waals surface area contributed by atoms with Crippen LogP contribution >= 0.6 is 11.3 Å². The van der Waals surface area contributed by atoms with Gasteiger partial charge in [-0.1, -0.05) is 58.9 Å². The minimum absolute atomic E-state index is 0.137. The molecule has 3 rings (SSSR count). The first kappa shape index (κ1) is 23.8. The first-order chi connectivity index (χ1) is 15.0. The van der Waals surface area contributed by atoms with Crippen molar-refractivity contribution in [1.82, 2.24) is 10.2 Å². The molecule has 0 unspecified atom stereocenters. The highest BCUT2D eigenvalue weighted by Gasteiger charge is 2.18. The molecule has 3 aromatic rings. The third kappa shape index (κ3) is 7.08. The number of nitrogens with zero attached hydrogens (tertiary/aromatic N) is 2. The number of sulfone groups is 1. The molecule has 0 radical (unpaired) electrons. The van der Waals surface area contributed by atoms with Gasteiger partial charge in [0.05, 0.1) is 0 Å². The summed E-state index contributed by atoms with van der Waals surface area (Å²) in [5.74, 6) is -1.34. The number of benzene rings is 2. The Hall–Kier alpha value is -2.89. The number of hydrogen-bond acceptors (Lipinski definition) is 8. The topological polar surface area (TPSA) is 123 Å². The Labute approximate surface area is 191 Å². The summed E-state index contributed by atoms with van der Waals surface area (Å²) in [4.78, 5) is 12.1. The summed E-state index contributed by atoms with van der Waals surface area (Å²) in [7, 11) is -7.52. The van der Waals surface area contributed by atoms with Crippen LogP contribution < -0.4 is 4.72 Å². The predicted molar refractivity (Wildman–Crippen MR) is 125 cm³/mol. The molecule has 8 nitrogen and oxygen atoms in total. The van der Waals surface area contributed by atoms with Gasteiger partial charge < -0.3 is 0 Å². The molecule has 0 bridgehead atoms. The molecule has 0 spiro atoms. The molecule has 0 aliphatic rings. The van der Waals surface area contributed by atoms with Crippen LogP contribution in [0.25, 0.3) is 0 Å². The van der Waals surface area contributed by atoms with Crippen LogP contribution in [-0.2, 0) is 31.4 Å². The highest BCUT2D eigenvalue weighted by atomic mass is 32.2. The minimum Gasteiger partial charge on any atom is -0.289 e. The van der Waals surface area contributed by atoms with Crippen LogP contribution in [0.2, 0.25) is 0 Å². The van der Waals surface area contributed by atoms with Gasteiger partial charge in [-0.3, -0.25) is 9.52 Å². The van der Waals surface area contributed by atoms with Crippen LogP contribution in [0.3, 0.4) is 0 Å². The summed E-state index contributed by atoms with van der Waals surface area (Å²) >= 11 is 0.892. The van der Waals surface area contributed by atoms with Gasteiger partial charge in [-0.25, -0.2) is 16.8 Å². The number of anilines is 1. The lowest BCUT2D eigenvalue weighted by molar-refractivity contribution is 0.104. The van der Waals surface area contributed by atoms with E-state index in [9.17, 15) is 21.6 Å². The summed E-state index contributed by atoms with van der Waals surface area (Å²) in [5.41, 5.74) is 2.79. The van der Waals surface area contributed by atoms with Crippen LogP contribution in [0.5, 0.6) is 0 Å². The second kappa shape index (κ2) is 9.72. The number of aryl methyl sites for hydroxylation is 2. The predicted octanol–water partition coefficient (Wildman–Crippen LogP) is 3.41. The van der Waals surface area contributed by atoms with Crippen molar-refractivity contribution >= 4 is 42.7 Å². The van der Waals surface area contributed by atoms with Crippen molar-refractivity contribution in [3.05, 3.63) is 86.7 Å². The Balaban J connectivity index is 1.62. The molecule has 0 saturated heterocycles. The molecule has 1 N–H and O–H groups in total. The van der Waals surface area contributed by atoms with Crippen LogP contribution in [0.1, 0.15) is 31.5 Å². The molecule has 0 aliphatic heterocycles. The normalized spacial score (nSPS) is 12.2. The molecule has 0 atom stereocenters. The van der Waals surface area contributed by atoms with Gasteiger partial charge in [0.15, 0.2) is 15.6 Å². The van der Waals surface area contributed by atoms with Gasteiger partial charge in [-0.05, 0) is 32.1 Å². The van der Waals surface area contributed by atoms with Crippen LogP contribution in [0, 0.1) is 13.8 Å². The monoisotopic (exact) mass is 491 g/mol. The standard InChI is InChI=1S/C21H21N3O5S3/c1-15-3-7-17(8-4-15)19(25)11-12-31(26,27)13-20-22-23-21(30-20)14-32(28,29)24-18-9-5-16(2)6-10-18/h3-12,24H,13-14H2,1-2H3/b12-11+. The van der Waals surface area contributed by atoms with E-state index >= 15 is 0 Å². The molecule has 0 saturated carbocycles. The van der Waals surface area contributed by atoms with E-state index in [1.165, 1.54) is 0 Å². The van der Waals surface area contributed by atoms with Crippen molar-refractivity contribution in [2.24, 2.45) is 0 Å². The molecule has 168 valence electrons. The second-order valence-electron chi connectivity index (χ2n) is 7.16. The molecule has 11 heteroatoms. The molecule has 2 aromatic carbocycles. The maximum absolute atomic E-state index is 12.3. The fourth-order valence-electron chi connectivity index (χ4n) is 2.60. The van der Waals surface area contributed by atoms with Crippen LogP contribution in [0.4, 0.5) is 5.69 Å². The van der Waals surface area contributed by atoms with Crippen molar-refractivity contribution in [2.75, 3.05) is 4.72 Å². The van der Waals surface area contributed by atoms with E-state index in [-0.39, 0.29) is 10.0 Å². The summed E-state index contributed by atoms with van der Waals surface area (Å²) in [6.45, 7) is 3.78. The molecule has 0 fully saturated rings. The third-order valence-electron chi connectivity index (χ3n) is 4.23. The zero-order valence-electron chi connectivity index (χ0n) is 17.3. The molecule has 1 heterocycles. The van der Waals surface area contributed by atoms with Gasteiger partial charge in [-0.2, -0.15) is 0 Å². The van der Waals surface area contributed by atoms with Gasteiger partial charge in [0.2, 0.25) is 10.0 Å². The van der Waals surface area contributed by atoms with E-state index in [0.29, 0.717) is 11.3 Å². The van der Waals surface area contributed by atoms with Gasteiger partial charge in [0.1, 0.15) is 21.5 Å². The molecular weight excluding hydrogens is 470 g/mol. The van der Waals surface area contributed by atoms with E-state index in [2.05, 4.69) is 14.9 Å². The lowest BCUT2D eigenvalue weighted by Gasteiger charge is -2.06. The number of nitrogens with one attached hydrogen (secondary N) is 1. The summed E-state index contributed by atoms with van der Waals surface area (Å²) < 4.78 is 51.8. The van der Waals surface area contributed by atoms with Gasteiger partial charge in [-0.15, -0.1) is 10.2 Å². The van der Waals surface area contributed by atoms with E-state index in [1.807, 2.05) is 13.8 Å². The molecule has 1 aromatic heterocycles. The Kier molecular flexibility index (Phi) is 7.22. The highest BCUT2D eigenvalue weighted by Crippen LogP contribution is 2.18. The lowest BCUT2D eigenvalue weighted by atomic mass is 10.1. The number of rotatable bonds is 9. The highest BCUT2D eigenvalue weighted by molar-refractivity contribution is 7.93. The van der Waals surface area contributed by atoms with E-state index < -0.39 is 37.1 Å². The Morgan fingerprint density at radius 1 is 0.875 bits per heavy atom. The molecule has 0 amide bonds. The fourth-order valence-corrected chi connectivity index (χ4v) is 6.25. The van der Waals surface area contributed by atoms with Crippen LogP contribution in [-0.4, -0.2) is 32.8 Å². The number of carbonyl (C=O) groups is 1. The maximum atomic E-state index is 12.3. The number of aromatic nitrogens is 2. The van der Waals surface area contributed by atoms with Crippen molar-refractivity contribution in [2.45, 2.75) is 25.4 Å². The van der Waals surface area contributed by atoms with Crippen molar-refractivity contribution in [1.29, 1.82) is 0 Å². The number of sulfonamides is 1. The zero-order valence-corrected chi connectivity index (χ0v) is 19.8. The Morgan fingerprint density at radius 2 is 1.41 bits per heavy atom. The van der Waals surface area contributed by atoms with Gasteiger partial charge >= 0.3 is 0 Å². The van der Waals surface area contributed by atoms with E-state index in [4.69, 9.17) is 0 Å². The first-order valence-electron chi connectivity index (χ1n) is 9.42. The fraction of sp³-hybridized carbons (Fsp3) is 0.190. The first-order valence-corrected chi connectivity index (χ1v) is 13.6. The number of ketones is 1. The number of hydrogen-bond donors (Lipinski definition) is 1. The third-order valence-corrected chi connectivity index (χ3v) is 7.95. The van der Waals surface area contributed by atoms with E-state index in [1.54, 1.807) is 48.5 Å². The van der Waals surface area contributed by atoms with Gasteiger partial charge in [0.25, 0.3) is 0 Å². The van der Waals surface area contributed by atoms with E-state index in [0.717, 1.165) is 33.9 Å². The largest absolute Gasteiger partial charge is 0.289 e. The summed E-state index contributed by atoms with van der Waals surface area (Å²) in [6, 6.07) is 13.6. The van der Waals surface area contributed by atoms with Crippen molar-refractivity contribution < 1.29 is 21.6 Å². The molecule has 32 heavy (non-hydrogen) atoms. The summed E-state index contributed by atoms with van der Waals surface area (Å²) in [6.07, 6.45) is 0.998.